The van der Waals surface area contributed by atoms with E-state index in [4.69, 9.17) is 0 Å². The van der Waals surface area contributed by atoms with Gasteiger partial charge in [-0.25, -0.2) is 0 Å². The summed E-state index contributed by atoms with van der Waals surface area (Å²) in [5, 5.41) is 5.88. The van der Waals surface area contributed by atoms with Crippen molar-refractivity contribution in [3.63, 3.8) is 0 Å². The number of halogens is 3. The third-order valence-electron chi connectivity index (χ3n) is 10.1. The molecule has 0 aromatic carbocycles. The molecule has 0 spiro atoms. The fourth-order valence-corrected chi connectivity index (χ4v) is 7.31. The molecule has 1 heterocycles. The van der Waals surface area contributed by atoms with Crippen LogP contribution in [-0.2, 0) is 14.4 Å². The second-order valence-electron chi connectivity index (χ2n) is 13.7. The number of ketones is 1. The van der Waals surface area contributed by atoms with Crippen molar-refractivity contribution in [2.24, 2.45) is 23.7 Å². The number of rotatable bonds is 10. The molecule has 4 aliphatic carbocycles. The average Bonchev–Trinajstić information content (AvgIpc) is 3.06. The molecule has 0 aromatic rings. The van der Waals surface area contributed by atoms with Crippen molar-refractivity contribution in [2.75, 3.05) is 19.6 Å². The smallest absolute Gasteiger partial charge is 0.375 e. The highest BCUT2D eigenvalue weighted by Crippen LogP contribution is 2.33. The van der Waals surface area contributed by atoms with Gasteiger partial charge >= 0.3 is 6.18 Å². The molecule has 3 unspecified atom stereocenters. The summed E-state index contributed by atoms with van der Waals surface area (Å²) in [4.78, 5) is 40.7. The Hall–Kier alpha value is -3.62. The third-order valence-corrected chi connectivity index (χ3v) is 10.1. The number of piperidine rings is 1. The van der Waals surface area contributed by atoms with E-state index in [1.807, 2.05) is 6.08 Å². The van der Waals surface area contributed by atoms with Crippen LogP contribution in [0.1, 0.15) is 84.0 Å². The highest BCUT2D eigenvalue weighted by molar-refractivity contribution is 5.95. The lowest BCUT2D eigenvalue weighted by Gasteiger charge is -2.37. The number of carbonyl (C=O) groups excluding carboxylic acids is 3. The van der Waals surface area contributed by atoms with E-state index >= 15 is 0 Å². The SMILES string of the molecule is CC1CC=CC=C1N1CCC(C=CC2=C(NC(=O)C3C=C(C(F)(F)F)C=CC3)C=C(C(=O)NCCCC3CCCC(=O)C3)CC2)CC1. The predicted molar refractivity (Wildman–Crippen MR) is 178 cm³/mol. The summed E-state index contributed by atoms with van der Waals surface area (Å²) in [5.41, 5.74) is 2.47. The maximum atomic E-state index is 13.4. The van der Waals surface area contributed by atoms with Crippen LogP contribution in [0.4, 0.5) is 13.2 Å². The number of carbonyl (C=O) groups is 3. The molecule has 0 radical (unpaired) electrons. The zero-order chi connectivity index (χ0) is 33.4. The molecule has 47 heavy (non-hydrogen) atoms. The van der Waals surface area contributed by atoms with E-state index in [-0.39, 0.29) is 12.3 Å². The Bertz CT molecular complexity index is 1410. The number of hydrogen-bond donors (Lipinski definition) is 2. The summed E-state index contributed by atoms with van der Waals surface area (Å²) >= 11 is 0. The van der Waals surface area contributed by atoms with Crippen molar-refractivity contribution in [2.45, 2.75) is 90.1 Å². The van der Waals surface area contributed by atoms with Crippen molar-refractivity contribution < 1.29 is 27.6 Å². The highest BCUT2D eigenvalue weighted by atomic mass is 19.4. The Morgan fingerprint density at radius 1 is 1.06 bits per heavy atom. The lowest BCUT2D eigenvalue weighted by molar-refractivity contribution is -0.123. The van der Waals surface area contributed by atoms with Gasteiger partial charge < -0.3 is 15.5 Å². The topological polar surface area (TPSA) is 78.5 Å². The molecule has 5 aliphatic rings. The van der Waals surface area contributed by atoms with Gasteiger partial charge in [-0.05, 0) is 99.7 Å². The Labute approximate surface area is 276 Å². The van der Waals surface area contributed by atoms with Gasteiger partial charge in [-0.15, -0.1) is 0 Å². The monoisotopic (exact) mass is 651 g/mol. The van der Waals surface area contributed by atoms with Gasteiger partial charge in [0.15, 0.2) is 0 Å². The molecule has 1 aliphatic heterocycles. The number of nitrogens with one attached hydrogen (secondary N) is 2. The maximum absolute atomic E-state index is 13.4. The largest absolute Gasteiger partial charge is 0.416 e. The van der Waals surface area contributed by atoms with Crippen LogP contribution >= 0.6 is 0 Å². The van der Waals surface area contributed by atoms with Crippen LogP contribution in [0, 0.1) is 23.7 Å². The van der Waals surface area contributed by atoms with Gasteiger partial charge in [0.2, 0.25) is 11.8 Å². The fourth-order valence-electron chi connectivity index (χ4n) is 7.31. The average molecular weight is 652 g/mol. The molecule has 6 nitrogen and oxygen atoms in total. The van der Waals surface area contributed by atoms with Gasteiger partial charge in [0.25, 0.3) is 0 Å². The molecule has 5 rings (SSSR count). The normalized spacial score (nSPS) is 25.9. The molecular formula is C38H48F3N3O3. The number of likely N-dealkylation sites (tertiary alicyclic amines) is 1. The predicted octanol–water partition coefficient (Wildman–Crippen LogP) is 7.55. The molecule has 0 aromatic heterocycles. The minimum atomic E-state index is -4.52. The minimum absolute atomic E-state index is 0.178. The van der Waals surface area contributed by atoms with Gasteiger partial charge in [0, 0.05) is 49.4 Å². The number of amides is 2. The summed E-state index contributed by atoms with van der Waals surface area (Å²) < 4.78 is 40.1. The van der Waals surface area contributed by atoms with Crippen molar-refractivity contribution in [3.8, 4) is 0 Å². The minimum Gasteiger partial charge on any atom is -0.375 e. The molecule has 0 bridgehead atoms. The highest BCUT2D eigenvalue weighted by Gasteiger charge is 2.35. The zero-order valence-corrected chi connectivity index (χ0v) is 27.4. The number of alkyl halides is 3. The summed E-state index contributed by atoms with van der Waals surface area (Å²) in [7, 11) is 0. The molecule has 9 heteroatoms. The molecule has 2 N–H and O–H groups in total. The van der Waals surface area contributed by atoms with Crippen molar-refractivity contribution in [1.82, 2.24) is 15.5 Å². The first kappa shape index (κ1) is 34.7. The molecule has 1 saturated heterocycles. The van der Waals surface area contributed by atoms with Gasteiger partial charge in [0.1, 0.15) is 5.78 Å². The van der Waals surface area contributed by atoms with E-state index in [1.165, 1.54) is 11.8 Å². The maximum Gasteiger partial charge on any atom is 0.416 e. The summed E-state index contributed by atoms with van der Waals surface area (Å²) in [6.45, 7) is 4.72. The molecule has 254 valence electrons. The van der Waals surface area contributed by atoms with Crippen molar-refractivity contribution in [1.29, 1.82) is 0 Å². The van der Waals surface area contributed by atoms with Crippen molar-refractivity contribution >= 4 is 17.6 Å². The van der Waals surface area contributed by atoms with E-state index in [1.54, 1.807) is 6.08 Å². The summed E-state index contributed by atoms with van der Waals surface area (Å²) in [6.07, 6.45) is 20.7. The molecular weight excluding hydrogens is 603 g/mol. The quantitative estimate of drug-likeness (QED) is 0.239. The first-order valence-corrected chi connectivity index (χ1v) is 17.4. The Kier molecular flexibility index (Phi) is 11.8. The fraction of sp³-hybridized carbons (Fsp3) is 0.553. The van der Waals surface area contributed by atoms with Crippen LogP contribution in [0.5, 0.6) is 0 Å². The van der Waals surface area contributed by atoms with E-state index in [2.05, 4.69) is 46.8 Å². The number of allylic oxidation sites excluding steroid dienone is 11. The van der Waals surface area contributed by atoms with E-state index in [9.17, 15) is 27.6 Å². The summed E-state index contributed by atoms with van der Waals surface area (Å²) in [6, 6.07) is 0. The van der Waals surface area contributed by atoms with Gasteiger partial charge in [-0.2, -0.15) is 13.2 Å². The van der Waals surface area contributed by atoms with E-state index in [0.717, 1.165) is 75.8 Å². The van der Waals surface area contributed by atoms with Crippen LogP contribution in [0.25, 0.3) is 0 Å². The second-order valence-corrected chi connectivity index (χ2v) is 13.7. The summed E-state index contributed by atoms with van der Waals surface area (Å²) in [5.74, 6) is -0.0629. The van der Waals surface area contributed by atoms with Gasteiger partial charge in [0.05, 0.1) is 11.5 Å². The van der Waals surface area contributed by atoms with Crippen LogP contribution in [0.3, 0.4) is 0 Å². The van der Waals surface area contributed by atoms with Crippen LogP contribution in [0.15, 0.2) is 82.8 Å². The standard InChI is InChI=1S/C38H48F3N3O3/c1-26-7-2-3-13-35(26)44-21-18-27(19-22-44)14-15-29-16-17-31(36(46)42-20-6-9-28-8-4-12-33(45)23-28)25-34(29)43-37(47)30-10-5-11-32(24-30)38(39,40)41/h2-3,5,11,13-15,24-28,30H,4,6-10,12,16-23H2,1H3,(H,42,46)(H,43,47). The first-order valence-electron chi connectivity index (χ1n) is 17.4. The van der Waals surface area contributed by atoms with Gasteiger partial charge in [-0.3, -0.25) is 14.4 Å². The van der Waals surface area contributed by atoms with Crippen LogP contribution < -0.4 is 10.6 Å². The molecule has 3 atom stereocenters. The van der Waals surface area contributed by atoms with Gasteiger partial charge in [-0.1, -0.05) is 49.5 Å². The van der Waals surface area contributed by atoms with Crippen LogP contribution in [0.2, 0.25) is 0 Å². The Morgan fingerprint density at radius 3 is 2.62 bits per heavy atom. The van der Waals surface area contributed by atoms with Crippen LogP contribution in [-0.4, -0.2) is 48.3 Å². The number of hydrogen-bond acceptors (Lipinski definition) is 4. The first-order chi connectivity index (χ1) is 22.6. The van der Waals surface area contributed by atoms with Crippen molar-refractivity contribution in [3.05, 3.63) is 82.8 Å². The Balaban J connectivity index is 1.24. The van der Waals surface area contributed by atoms with E-state index in [0.29, 0.717) is 67.0 Å². The lowest BCUT2D eigenvalue weighted by atomic mass is 9.85. The Morgan fingerprint density at radius 2 is 1.87 bits per heavy atom. The third kappa shape index (κ3) is 9.71. The molecule has 2 amide bonds. The number of Topliss-reactive ketones (excluding diaryl/α,β-unsaturated/α-hetero) is 1. The van der Waals surface area contributed by atoms with E-state index < -0.39 is 23.6 Å². The lowest BCUT2D eigenvalue weighted by Crippen LogP contribution is -2.35. The molecule has 1 saturated carbocycles. The number of nitrogens with zero attached hydrogens (tertiary/aromatic N) is 1. The zero-order valence-electron chi connectivity index (χ0n) is 27.4. The second kappa shape index (κ2) is 16.0. The molecule has 2 fully saturated rings.